The van der Waals surface area contributed by atoms with Crippen molar-refractivity contribution in [3.8, 4) is 5.75 Å². The molecule has 0 unspecified atom stereocenters. The number of phenols is 1. The minimum absolute atomic E-state index is 0.0169. The van der Waals surface area contributed by atoms with E-state index in [0.717, 1.165) is 15.2 Å². The molecular formula is C25H25BrN2O5. The number of allylic oxidation sites excluding steroid dienone is 1. The molecule has 4 N–H and O–H groups in total. The Labute approximate surface area is 200 Å². The molecule has 3 aromatic rings. The van der Waals surface area contributed by atoms with E-state index in [1.807, 2.05) is 43.3 Å². The number of aromatic hydroxyl groups is 1. The first-order valence-corrected chi connectivity index (χ1v) is 11.2. The van der Waals surface area contributed by atoms with Gasteiger partial charge in [-0.25, -0.2) is 10.3 Å². The van der Waals surface area contributed by atoms with Gasteiger partial charge in [-0.15, -0.1) is 0 Å². The van der Waals surface area contributed by atoms with Crippen molar-refractivity contribution in [3.63, 3.8) is 0 Å². The Kier molecular flexibility index (Phi) is 8.46. The van der Waals surface area contributed by atoms with Gasteiger partial charge in [0, 0.05) is 21.5 Å². The molecule has 0 bridgehead atoms. The Bertz CT molecular complexity index is 1160. The predicted molar refractivity (Wildman–Crippen MR) is 130 cm³/mol. The lowest BCUT2D eigenvalue weighted by atomic mass is 9.92. The van der Waals surface area contributed by atoms with Crippen LogP contribution in [0.5, 0.6) is 5.75 Å². The number of anilines is 1. The second-order valence-electron chi connectivity index (χ2n) is 7.61. The van der Waals surface area contributed by atoms with E-state index in [1.54, 1.807) is 24.3 Å². The molecule has 8 heteroatoms. The highest BCUT2D eigenvalue weighted by Gasteiger charge is 2.26. The molecule has 0 spiro atoms. The van der Waals surface area contributed by atoms with Gasteiger partial charge < -0.3 is 9.84 Å². The van der Waals surface area contributed by atoms with Crippen LogP contribution in [0.3, 0.4) is 0 Å². The SMILES string of the molecule is C[C@@H](CC/C=C/C(=O)NO)[C@H](OC(=O)Nc1cccc2ccccc12)c1cc(Br)ccc1O. The highest BCUT2D eigenvalue weighted by molar-refractivity contribution is 9.10. The third-order valence-electron chi connectivity index (χ3n) is 5.24. The molecule has 0 saturated carbocycles. The van der Waals surface area contributed by atoms with Crippen LogP contribution in [0.4, 0.5) is 10.5 Å². The molecule has 0 aromatic heterocycles. The number of amides is 2. The highest BCUT2D eigenvalue weighted by Crippen LogP contribution is 2.37. The van der Waals surface area contributed by atoms with Crippen molar-refractivity contribution in [3.05, 3.63) is 82.9 Å². The maximum atomic E-state index is 12.9. The van der Waals surface area contributed by atoms with E-state index in [9.17, 15) is 14.7 Å². The summed E-state index contributed by atoms with van der Waals surface area (Å²) in [6, 6.07) is 18.3. The minimum Gasteiger partial charge on any atom is -0.508 e. The van der Waals surface area contributed by atoms with Gasteiger partial charge in [-0.2, -0.15) is 0 Å². The molecule has 0 saturated heterocycles. The quantitative estimate of drug-likeness (QED) is 0.166. The first-order valence-electron chi connectivity index (χ1n) is 10.4. The lowest BCUT2D eigenvalue weighted by molar-refractivity contribution is -0.124. The molecule has 3 aromatic carbocycles. The van der Waals surface area contributed by atoms with Crippen LogP contribution in [0.25, 0.3) is 10.8 Å². The van der Waals surface area contributed by atoms with Crippen molar-refractivity contribution < 1.29 is 24.6 Å². The summed E-state index contributed by atoms with van der Waals surface area (Å²) in [6.07, 6.45) is 2.54. The zero-order chi connectivity index (χ0) is 23.8. The first kappa shape index (κ1) is 24.3. The number of halogens is 1. The fourth-order valence-electron chi connectivity index (χ4n) is 3.57. The Morgan fingerprint density at radius 2 is 1.88 bits per heavy atom. The molecule has 0 aliphatic carbocycles. The Balaban J connectivity index is 1.79. The van der Waals surface area contributed by atoms with E-state index >= 15 is 0 Å². The van der Waals surface area contributed by atoms with Crippen LogP contribution in [0.15, 0.2) is 77.3 Å². The number of phenolic OH excluding ortho intramolecular Hbond substituents is 1. The zero-order valence-electron chi connectivity index (χ0n) is 18.0. The van der Waals surface area contributed by atoms with Crippen molar-refractivity contribution >= 4 is 44.4 Å². The minimum atomic E-state index is -0.738. The topological polar surface area (TPSA) is 108 Å². The fourth-order valence-corrected chi connectivity index (χ4v) is 3.95. The molecule has 172 valence electrons. The van der Waals surface area contributed by atoms with E-state index in [2.05, 4.69) is 21.2 Å². The summed E-state index contributed by atoms with van der Waals surface area (Å²) < 4.78 is 6.55. The predicted octanol–water partition coefficient (Wildman–Crippen LogP) is 6.08. The Hall–Kier alpha value is -3.36. The van der Waals surface area contributed by atoms with Crippen molar-refractivity contribution in [1.82, 2.24) is 5.48 Å². The van der Waals surface area contributed by atoms with Gasteiger partial charge in [-0.3, -0.25) is 15.3 Å². The molecule has 0 aliphatic heterocycles. The van der Waals surface area contributed by atoms with Crippen LogP contribution < -0.4 is 10.8 Å². The van der Waals surface area contributed by atoms with Crippen LogP contribution in [0.2, 0.25) is 0 Å². The average molecular weight is 513 g/mol. The Morgan fingerprint density at radius 1 is 1.12 bits per heavy atom. The largest absolute Gasteiger partial charge is 0.508 e. The van der Waals surface area contributed by atoms with Crippen molar-refractivity contribution in [2.75, 3.05) is 5.32 Å². The molecule has 33 heavy (non-hydrogen) atoms. The summed E-state index contributed by atoms with van der Waals surface area (Å²) in [4.78, 5) is 24.0. The fraction of sp³-hybridized carbons (Fsp3) is 0.200. The van der Waals surface area contributed by atoms with Gasteiger partial charge in [-0.1, -0.05) is 65.3 Å². The van der Waals surface area contributed by atoms with Gasteiger partial charge >= 0.3 is 6.09 Å². The average Bonchev–Trinajstić information content (AvgIpc) is 2.82. The number of carbonyl (C=O) groups excluding carboxylic acids is 2. The Morgan fingerprint density at radius 3 is 2.67 bits per heavy atom. The van der Waals surface area contributed by atoms with Crippen LogP contribution in [-0.4, -0.2) is 22.3 Å². The molecule has 2 amide bonds. The number of rotatable bonds is 8. The summed E-state index contributed by atoms with van der Waals surface area (Å²) in [5, 5.41) is 23.7. The normalized spacial score (nSPS) is 12.9. The highest BCUT2D eigenvalue weighted by atomic mass is 79.9. The second kappa shape index (κ2) is 11.5. The van der Waals surface area contributed by atoms with Gasteiger partial charge in [0.05, 0.1) is 5.69 Å². The summed E-state index contributed by atoms with van der Waals surface area (Å²) in [5.74, 6) is -0.789. The molecule has 0 fully saturated rings. The molecule has 7 nitrogen and oxygen atoms in total. The number of fused-ring (bicyclic) bond motifs is 1. The lowest BCUT2D eigenvalue weighted by Crippen LogP contribution is -2.22. The van der Waals surface area contributed by atoms with Crippen LogP contribution in [0.1, 0.15) is 31.4 Å². The van der Waals surface area contributed by atoms with Gasteiger partial charge in [-0.05, 0) is 48.4 Å². The molecular weight excluding hydrogens is 488 g/mol. The number of carbonyl (C=O) groups is 2. The summed E-state index contributed by atoms with van der Waals surface area (Å²) in [6.45, 7) is 1.90. The number of benzene rings is 3. The number of hydrogen-bond acceptors (Lipinski definition) is 5. The van der Waals surface area contributed by atoms with Gasteiger partial charge in [0.15, 0.2) is 0 Å². The van der Waals surface area contributed by atoms with E-state index in [1.165, 1.54) is 17.6 Å². The van der Waals surface area contributed by atoms with Crippen molar-refractivity contribution in [2.24, 2.45) is 5.92 Å². The third-order valence-corrected chi connectivity index (χ3v) is 5.73. The second-order valence-corrected chi connectivity index (χ2v) is 8.53. The number of hydroxylamine groups is 1. The molecule has 2 atom stereocenters. The molecule has 0 radical (unpaired) electrons. The van der Waals surface area contributed by atoms with E-state index < -0.39 is 18.1 Å². The van der Waals surface area contributed by atoms with E-state index in [4.69, 9.17) is 9.94 Å². The maximum absolute atomic E-state index is 12.9. The van der Waals surface area contributed by atoms with E-state index in [0.29, 0.717) is 24.1 Å². The van der Waals surface area contributed by atoms with Gasteiger partial charge in [0.25, 0.3) is 5.91 Å². The number of ether oxygens (including phenoxy) is 1. The smallest absolute Gasteiger partial charge is 0.412 e. The molecule has 0 heterocycles. The monoisotopic (exact) mass is 512 g/mol. The lowest BCUT2D eigenvalue weighted by Gasteiger charge is -2.25. The van der Waals surface area contributed by atoms with Crippen molar-refractivity contribution in [1.29, 1.82) is 0 Å². The summed E-state index contributed by atoms with van der Waals surface area (Å²) in [7, 11) is 0. The van der Waals surface area contributed by atoms with Gasteiger partial charge in [0.1, 0.15) is 11.9 Å². The standard InChI is InChI=1S/C25H25BrN2O5/c1-16(7-2-5-12-23(30)28-32)24(20-15-18(26)13-14-22(20)29)33-25(31)27-21-11-6-9-17-8-3-4-10-19(17)21/h3-6,8-16,24,29,32H,2,7H2,1H3,(H,27,31)(H,28,30)/b12-5+/t16-,24-/m0/s1. The summed E-state index contributed by atoms with van der Waals surface area (Å²) in [5.41, 5.74) is 2.64. The van der Waals surface area contributed by atoms with E-state index in [-0.39, 0.29) is 11.7 Å². The molecule has 0 aliphatic rings. The van der Waals surface area contributed by atoms with Crippen LogP contribution in [-0.2, 0) is 9.53 Å². The number of hydrogen-bond donors (Lipinski definition) is 4. The first-order chi connectivity index (χ1) is 15.9. The summed E-state index contributed by atoms with van der Waals surface area (Å²) >= 11 is 3.40. The zero-order valence-corrected chi connectivity index (χ0v) is 19.6. The van der Waals surface area contributed by atoms with Crippen LogP contribution >= 0.6 is 15.9 Å². The third kappa shape index (κ3) is 6.57. The van der Waals surface area contributed by atoms with Gasteiger partial charge in [0.2, 0.25) is 0 Å². The maximum Gasteiger partial charge on any atom is 0.412 e. The molecule has 3 rings (SSSR count). The van der Waals surface area contributed by atoms with Crippen molar-refractivity contribution in [2.45, 2.75) is 25.9 Å². The van der Waals surface area contributed by atoms with Crippen LogP contribution in [0, 0.1) is 5.92 Å². The number of nitrogens with one attached hydrogen (secondary N) is 2.